The van der Waals surface area contributed by atoms with E-state index in [4.69, 9.17) is 0 Å². The lowest BCUT2D eigenvalue weighted by atomic mass is 9.86. The number of nitrogens with zero attached hydrogens (tertiary/aromatic N) is 4. The molecule has 0 spiro atoms. The number of amides is 2. The lowest BCUT2D eigenvalue weighted by molar-refractivity contribution is 0.0564. The highest BCUT2D eigenvalue weighted by molar-refractivity contribution is 5.73. The second-order valence-corrected chi connectivity index (χ2v) is 5.49. The minimum atomic E-state index is -0.281. The van der Waals surface area contributed by atoms with E-state index in [1.807, 2.05) is 0 Å². The molecule has 1 fully saturated rings. The smallest absolute Gasteiger partial charge is 0.317 e. The minimum absolute atomic E-state index is 0.157. The van der Waals surface area contributed by atoms with Crippen molar-refractivity contribution in [3.63, 3.8) is 0 Å². The van der Waals surface area contributed by atoms with Crippen molar-refractivity contribution in [1.29, 1.82) is 0 Å². The first-order chi connectivity index (χ1) is 9.56. The van der Waals surface area contributed by atoms with E-state index in [0.717, 1.165) is 25.7 Å². The molecule has 0 aromatic carbocycles. The molecule has 0 unspecified atom stereocenters. The van der Waals surface area contributed by atoms with Gasteiger partial charge in [0.25, 0.3) is 0 Å². The van der Waals surface area contributed by atoms with Crippen molar-refractivity contribution in [1.82, 2.24) is 25.0 Å². The van der Waals surface area contributed by atoms with Crippen LogP contribution in [0.4, 0.5) is 4.79 Å². The fraction of sp³-hybridized carbons (Fsp3) is 0.769. The van der Waals surface area contributed by atoms with Crippen LogP contribution in [0.3, 0.4) is 0 Å². The van der Waals surface area contributed by atoms with Gasteiger partial charge in [0.15, 0.2) is 5.82 Å². The third kappa shape index (κ3) is 3.93. The Balaban J connectivity index is 1.76. The molecule has 2 atom stereocenters. The zero-order valence-corrected chi connectivity index (χ0v) is 12.1. The van der Waals surface area contributed by atoms with Crippen LogP contribution in [0.15, 0.2) is 6.33 Å². The monoisotopic (exact) mass is 281 g/mol. The fourth-order valence-corrected chi connectivity index (χ4v) is 2.59. The Kier molecular flexibility index (Phi) is 4.94. The highest BCUT2D eigenvalue weighted by Gasteiger charge is 2.25. The molecule has 2 amide bonds. The second kappa shape index (κ2) is 6.69. The summed E-state index contributed by atoms with van der Waals surface area (Å²) in [5, 5.41) is 16.8. The van der Waals surface area contributed by atoms with Gasteiger partial charge < -0.3 is 15.3 Å². The van der Waals surface area contributed by atoms with Crippen molar-refractivity contribution in [2.45, 2.75) is 38.3 Å². The van der Waals surface area contributed by atoms with E-state index in [0.29, 0.717) is 18.9 Å². The average molecular weight is 281 g/mol. The molecule has 20 heavy (non-hydrogen) atoms. The summed E-state index contributed by atoms with van der Waals surface area (Å²) in [6.45, 7) is 0.903. The number of urea groups is 1. The molecular formula is C13H23N5O2. The predicted molar refractivity (Wildman–Crippen MR) is 73.8 cm³/mol. The van der Waals surface area contributed by atoms with Gasteiger partial charge >= 0.3 is 6.03 Å². The highest BCUT2D eigenvalue weighted by atomic mass is 16.3. The Bertz CT molecular complexity index is 448. The fourth-order valence-electron chi connectivity index (χ4n) is 2.59. The third-order valence-electron chi connectivity index (χ3n) is 3.77. The van der Waals surface area contributed by atoms with Gasteiger partial charge in [0.1, 0.15) is 6.33 Å². The third-order valence-corrected chi connectivity index (χ3v) is 3.77. The molecule has 7 heteroatoms. The average Bonchev–Trinajstić information content (AvgIpc) is 2.84. The van der Waals surface area contributed by atoms with Gasteiger partial charge in [0.2, 0.25) is 0 Å². The predicted octanol–water partition coefficient (Wildman–Crippen LogP) is 0.508. The summed E-state index contributed by atoms with van der Waals surface area (Å²) >= 11 is 0. The largest absolute Gasteiger partial charge is 0.393 e. The number of aromatic nitrogens is 3. The molecule has 1 saturated carbocycles. The van der Waals surface area contributed by atoms with Gasteiger partial charge in [-0.15, -0.1) is 0 Å². The van der Waals surface area contributed by atoms with Crippen LogP contribution in [0.2, 0.25) is 0 Å². The van der Waals surface area contributed by atoms with Gasteiger partial charge in [-0.05, 0) is 12.8 Å². The number of aliphatic hydroxyl groups excluding tert-OH is 1. The van der Waals surface area contributed by atoms with Crippen molar-refractivity contribution in [3.05, 3.63) is 12.2 Å². The van der Waals surface area contributed by atoms with Crippen molar-refractivity contribution in [2.24, 2.45) is 13.0 Å². The van der Waals surface area contributed by atoms with Crippen LogP contribution in [-0.4, -0.2) is 50.5 Å². The normalized spacial score (nSPS) is 22.6. The molecule has 1 heterocycles. The number of carbonyl (C=O) groups is 1. The van der Waals surface area contributed by atoms with Crippen LogP contribution in [0, 0.1) is 5.92 Å². The first kappa shape index (κ1) is 14.8. The van der Waals surface area contributed by atoms with Crippen molar-refractivity contribution < 1.29 is 9.90 Å². The van der Waals surface area contributed by atoms with Crippen LogP contribution in [0.25, 0.3) is 0 Å². The number of hydrogen-bond donors (Lipinski definition) is 2. The Labute approximate surface area is 119 Å². The molecule has 2 rings (SSSR count). The van der Waals surface area contributed by atoms with Crippen molar-refractivity contribution in [2.75, 3.05) is 13.6 Å². The summed E-state index contributed by atoms with van der Waals surface area (Å²) in [6, 6.07) is -0.157. The first-order valence-corrected chi connectivity index (χ1v) is 7.08. The van der Waals surface area contributed by atoms with Crippen LogP contribution in [-0.2, 0) is 13.6 Å². The SMILES string of the molecule is CN(C[C@H]1CCCC[C@@H]1O)C(=O)NCc1ncn(C)n1. The van der Waals surface area contributed by atoms with Gasteiger partial charge in [-0.1, -0.05) is 12.8 Å². The maximum atomic E-state index is 12.0. The van der Waals surface area contributed by atoms with Gasteiger partial charge in [0, 0.05) is 26.6 Å². The van der Waals surface area contributed by atoms with Crippen LogP contribution in [0.5, 0.6) is 0 Å². The van der Waals surface area contributed by atoms with Gasteiger partial charge in [-0.2, -0.15) is 5.10 Å². The quantitative estimate of drug-likeness (QED) is 0.842. The number of carbonyl (C=O) groups excluding carboxylic acids is 1. The Morgan fingerprint density at radius 2 is 2.30 bits per heavy atom. The maximum Gasteiger partial charge on any atom is 0.317 e. The number of hydrogen-bond acceptors (Lipinski definition) is 4. The Morgan fingerprint density at radius 1 is 1.55 bits per heavy atom. The zero-order chi connectivity index (χ0) is 14.5. The van der Waals surface area contributed by atoms with E-state index in [-0.39, 0.29) is 18.1 Å². The number of nitrogens with one attached hydrogen (secondary N) is 1. The molecular weight excluding hydrogens is 258 g/mol. The molecule has 0 bridgehead atoms. The maximum absolute atomic E-state index is 12.0. The summed E-state index contributed by atoms with van der Waals surface area (Å²) in [4.78, 5) is 17.7. The minimum Gasteiger partial charge on any atom is -0.393 e. The standard InChI is InChI=1S/C13H23N5O2/c1-17(8-10-5-3-4-6-11(10)19)13(20)14-7-12-15-9-18(2)16-12/h9-11,19H,3-8H2,1-2H3,(H,14,20)/t10-,11+/m1/s1. The van der Waals surface area contributed by atoms with Crippen LogP contribution >= 0.6 is 0 Å². The summed E-state index contributed by atoms with van der Waals surface area (Å²) in [7, 11) is 3.54. The summed E-state index contributed by atoms with van der Waals surface area (Å²) in [6.07, 6.45) is 5.37. The molecule has 1 aromatic heterocycles. The van der Waals surface area contributed by atoms with Gasteiger partial charge in [0.05, 0.1) is 12.6 Å². The number of rotatable bonds is 4. The Morgan fingerprint density at radius 3 is 2.95 bits per heavy atom. The van der Waals surface area contributed by atoms with Crippen LogP contribution in [0.1, 0.15) is 31.5 Å². The summed E-state index contributed by atoms with van der Waals surface area (Å²) in [5.41, 5.74) is 0. The molecule has 1 aliphatic rings. The van der Waals surface area contributed by atoms with E-state index in [2.05, 4.69) is 15.4 Å². The molecule has 2 N–H and O–H groups in total. The first-order valence-electron chi connectivity index (χ1n) is 7.08. The molecule has 1 aromatic rings. The number of aliphatic hydroxyl groups is 1. The molecule has 1 aliphatic carbocycles. The summed E-state index contributed by atoms with van der Waals surface area (Å²) in [5.74, 6) is 0.777. The van der Waals surface area contributed by atoms with Crippen molar-refractivity contribution in [3.8, 4) is 0 Å². The number of aryl methyl sites for hydroxylation is 1. The lowest BCUT2D eigenvalue weighted by Gasteiger charge is -2.31. The topological polar surface area (TPSA) is 83.3 Å². The Hall–Kier alpha value is -1.63. The van der Waals surface area contributed by atoms with Gasteiger partial charge in [-0.25, -0.2) is 9.78 Å². The molecule has 0 saturated heterocycles. The van der Waals surface area contributed by atoms with Crippen LogP contribution < -0.4 is 5.32 Å². The highest BCUT2D eigenvalue weighted by Crippen LogP contribution is 2.24. The van der Waals surface area contributed by atoms with E-state index in [1.54, 1.807) is 30.0 Å². The van der Waals surface area contributed by atoms with Crippen molar-refractivity contribution >= 4 is 6.03 Å². The molecule has 0 radical (unpaired) electrons. The van der Waals surface area contributed by atoms with E-state index >= 15 is 0 Å². The lowest BCUT2D eigenvalue weighted by Crippen LogP contribution is -2.42. The van der Waals surface area contributed by atoms with E-state index < -0.39 is 0 Å². The summed E-state index contributed by atoms with van der Waals surface area (Å²) < 4.78 is 1.60. The molecule has 0 aliphatic heterocycles. The van der Waals surface area contributed by atoms with E-state index in [9.17, 15) is 9.90 Å². The molecule has 112 valence electrons. The van der Waals surface area contributed by atoms with Gasteiger partial charge in [-0.3, -0.25) is 4.68 Å². The van der Waals surface area contributed by atoms with E-state index in [1.165, 1.54) is 0 Å². The zero-order valence-electron chi connectivity index (χ0n) is 12.1. The molecule has 7 nitrogen and oxygen atoms in total. The second-order valence-electron chi connectivity index (χ2n) is 5.49.